The van der Waals surface area contributed by atoms with Crippen LogP contribution in [0.1, 0.15) is 24.5 Å². The highest BCUT2D eigenvalue weighted by molar-refractivity contribution is 6.00. The lowest BCUT2D eigenvalue weighted by Crippen LogP contribution is -2.35. The zero-order valence-electron chi connectivity index (χ0n) is 16.4. The Labute approximate surface area is 164 Å². The predicted octanol–water partition coefficient (Wildman–Crippen LogP) is 3.64. The molecular weight excluding hydrogens is 358 g/mol. The first-order valence-electron chi connectivity index (χ1n) is 9.23. The fourth-order valence-electron chi connectivity index (χ4n) is 3.24. The van der Waals surface area contributed by atoms with Gasteiger partial charge in [-0.05, 0) is 29.7 Å². The summed E-state index contributed by atoms with van der Waals surface area (Å²) in [6.45, 7) is 3.19. The number of ether oxygens (including phenoxy) is 2. The van der Waals surface area contributed by atoms with Crippen molar-refractivity contribution < 1.29 is 19.1 Å². The van der Waals surface area contributed by atoms with Gasteiger partial charge < -0.3 is 25.0 Å². The highest BCUT2D eigenvalue weighted by Crippen LogP contribution is 2.26. The first kappa shape index (κ1) is 19.5. The van der Waals surface area contributed by atoms with E-state index in [4.69, 9.17) is 9.47 Å². The standard InChI is InChI=1S/C21H25N3O4/c1-4-20(25)24-8-7-14-5-6-16(9-15(14)13-24)22-21(26)23-17-10-18(27-2)12-19(11-17)28-3/h5-6,9-12H,4,7-8,13H2,1-3H3,(H2,22,23,26). The summed E-state index contributed by atoms with van der Waals surface area (Å²) in [5.41, 5.74) is 3.51. The molecular formula is C21H25N3O4. The third-order valence-corrected chi connectivity index (χ3v) is 4.74. The Hall–Kier alpha value is -3.22. The average Bonchev–Trinajstić information content (AvgIpc) is 2.72. The Morgan fingerprint density at radius 1 is 0.964 bits per heavy atom. The number of hydrogen-bond donors (Lipinski definition) is 2. The minimum atomic E-state index is -0.368. The Morgan fingerprint density at radius 3 is 2.29 bits per heavy atom. The van der Waals surface area contributed by atoms with Gasteiger partial charge in [0.15, 0.2) is 0 Å². The van der Waals surface area contributed by atoms with E-state index in [1.165, 1.54) is 5.56 Å². The summed E-state index contributed by atoms with van der Waals surface area (Å²) in [4.78, 5) is 26.2. The first-order chi connectivity index (χ1) is 13.5. The minimum absolute atomic E-state index is 0.147. The van der Waals surface area contributed by atoms with E-state index in [-0.39, 0.29) is 11.9 Å². The minimum Gasteiger partial charge on any atom is -0.497 e. The molecule has 0 spiro atoms. The summed E-state index contributed by atoms with van der Waals surface area (Å²) >= 11 is 0. The molecule has 148 valence electrons. The van der Waals surface area contributed by atoms with E-state index in [1.54, 1.807) is 32.4 Å². The number of carbonyl (C=O) groups excluding carboxylic acids is 2. The molecule has 0 atom stereocenters. The van der Waals surface area contributed by atoms with Gasteiger partial charge in [0.25, 0.3) is 0 Å². The molecule has 2 N–H and O–H groups in total. The number of benzene rings is 2. The van der Waals surface area contributed by atoms with Crippen LogP contribution in [-0.2, 0) is 17.8 Å². The van der Waals surface area contributed by atoms with E-state index < -0.39 is 0 Å². The second-order valence-electron chi connectivity index (χ2n) is 6.58. The molecule has 3 amide bonds. The van der Waals surface area contributed by atoms with Crippen LogP contribution in [0.3, 0.4) is 0 Å². The maximum Gasteiger partial charge on any atom is 0.323 e. The summed E-state index contributed by atoms with van der Waals surface area (Å²) in [7, 11) is 3.11. The lowest BCUT2D eigenvalue weighted by atomic mass is 9.99. The molecule has 1 heterocycles. The van der Waals surface area contributed by atoms with Gasteiger partial charge in [0, 0.05) is 49.1 Å². The van der Waals surface area contributed by atoms with Crippen molar-refractivity contribution in [2.24, 2.45) is 0 Å². The number of methoxy groups -OCH3 is 2. The van der Waals surface area contributed by atoms with Crippen molar-refractivity contribution in [1.82, 2.24) is 4.90 Å². The topological polar surface area (TPSA) is 79.9 Å². The number of anilines is 2. The lowest BCUT2D eigenvalue weighted by Gasteiger charge is -2.29. The molecule has 0 saturated carbocycles. The summed E-state index contributed by atoms with van der Waals surface area (Å²) in [5, 5.41) is 5.62. The largest absolute Gasteiger partial charge is 0.497 e. The fraction of sp³-hybridized carbons (Fsp3) is 0.333. The van der Waals surface area contributed by atoms with Gasteiger partial charge in [0.2, 0.25) is 5.91 Å². The second kappa shape index (κ2) is 8.65. The average molecular weight is 383 g/mol. The van der Waals surface area contributed by atoms with E-state index in [0.29, 0.717) is 35.8 Å². The van der Waals surface area contributed by atoms with E-state index in [0.717, 1.165) is 18.5 Å². The smallest absolute Gasteiger partial charge is 0.323 e. The normalized spacial score (nSPS) is 12.8. The lowest BCUT2D eigenvalue weighted by molar-refractivity contribution is -0.131. The molecule has 0 aliphatic carbocycles. The van der Waals surface area contributed by atoms with Crippen LogP contribution in [0.25, 0.3) is 0 Å². The molecule has 2 aromatic carbocycles. The van der Waals surface area contributed by atoms with Crippen LogP contribution in [0.15, 0.2) is 36.4 Å². The number of amides is 3. The second-order valence-corrected chi connectivity index (χ2v) is 6.58. The summed E-state index contributed by atoms with van der Waals surface area (Å²) in [6, 6.07) is 10.6. The maximum atomic E-state index is 12.4. The summed E-state index contributed by atoms with van der Waals surface area (Å²) in [6.07, 6.45) is 1.33. The molecule has 3 rings (SSSR count). The molecule has 28 heavy (non-hydrogen) atoms. The summed E-state index contributed by atoms with van der Waals surface area (Å²) in [5.74, 6) is 1.32. The van der Waals surface area contributed by atoms with Gasteiger partial charge in [-0.1, -0.05) is 13.0 Å². The van der Waals surface area contributed by atoms with Crippen molar-refractivity contribution in [2.75, 3.05) is 31.4 Å². The first-order valence-corrected chi connectivity index (χ1v) is 9.23. The number of rotatable bonds is 5. The van der Waals surface area contributed by atoms with Gasteiger partial charge in [0.1, 0.15) is 11.5 Å². The number of carbonyl (C=O) groups is 2. The zero-order valence-corrected chi connectivity index (χ0v) is 16.4. The van der Waals surface area contributed by atoms with Crippen LogP contribution < -0.4 is 20.1 Å². The number of nitrogens with one attached hydrogen (secondary N) is 2. The Bertz CT molecular complexity index is 860. The third-order valence-electron chi connectivity index (χ3n) is 4.74. The third kappa shape index (κ3) is 4.54. The van der Waals surface area contributed by atoms with E-state index in [9.17, 15) is 9.59 Å². The highest BCUT2D eigenvalue weighted by atomic mass is 16.5. The molecule has 0 bridgehead atoms. The van der Waals surface area contributed by atoms with E-state index >= 15 is 0 Å². The molecule has 0 radical (unpaired) electrons. The number of nitrogens with zero attached hydrogens (tertiary/aromatic N) is 1. The maximum absolute atomic E-state index is 12.4. The Morgan fingerprint density at radius 2 is 1.64 bits per heavy atom. The van der Waals surface area contributed by atoms with E-state index in [1.807, 2.05) is 30.0 Å². The van der Waals surface area contributed by atoms with Gasteiger partial charge in [-0.2, -0.15) is 0 Å². The predicted molar refractivity (Wildman–Crippen MR) is 108 cm³/mol. The molecule has 7 heteroatoms. The number of hydrogen-bond acceptors (Lipinski definition) is 4. The molecule has 2 aromatic rings. The van der Waals surface area contributed by atoms with Crippen LogP contribution in [0.5, 0.6) is 11.5 Å². The molecule has 0 fully saturated rings. The SMILES string of the molecule is CCC(=O)N1CCc2ccc(NC(=O)Nc3cc(OC)cc(OC)c3)cc2C1. The number of urea groups is 1. The van der Waals surface area contributed by atoms with E-state index in [2.05, 4.69) is 10.6 Å². The molecule has 1 aliphatic heterocycles. The quantitative estimate of drug-likeness (QED) is 0.826. The van der Waals surface area contributed by atoms with Crippen molar-refractivity contribution in [1.29, 1.82) is 0 Å². The van der Waals surface area contributed by atoms with Gasteiger partial charge in [0.05, 0.1) is 14.2 Å². The van der Waals surface area contributed by atoms with Crippen LogP contribution in [0.2, 0.25) is 0 Å². The van der Waals surface area contributed by atoms with Crippen LogP contribution in [-0.4, -0.2) is 37.6 Å². The molecule has 1 aliphatic rings. The van der Waals surface area contributed by atoms with Crippen molar-refractivity contribution in [3.05, 3.63) is 47.5 Å². The van der Waals surface area contributed by atoms with Crippen LogP contribution >= 0.6 is 0 Å². The van der Waals surface area contributed by atoms with Crippen molar-refractivity contribution >= 4 is 23.3 Å². The van der Waals surface area contributed by atoms with Crippen LogP contribution in [0, 0.1) is 0 Å². The zero-order chi connectivity index (χ0) is 20.1. The Balaban J connectivity index is 1.69. The molecule has 0 unspecified atom stereocenters. The van der Waals surface area contributed by atoms with Gasteiger partial charge >= 0.3 is 6.03 Å². The summed E-state index contributed by atoms with van der Waals surface area (Å²) < 4.78 is 10.4. The number of fused-ring (bicyclic) bond motifs is 1. The van der Waals surface area contributed by atoms with Crippen LogP contribution in [0.4, 0.5) is 16.2 Å². The van der Waals surface area contributed by atoms with Crippen molar-refractivity contribution in [3.63, 3.8) is 0 Å². The molecule has 0 aromatic heterocycles. The van der Waals surface area contributed by atoms with Crippen molar-refractivity contribution in [3.8, 4) is 11.5 Å². The highest BCUT2D eigenvalue weighted by Gasteiger charge is 2.20. The fourth-order valence-corrected chi connectivity index (χ4v) is 3.24. The monoisotopic (exact) mass is 383 g/mol. The van der Waals surface area contributed by atoms with Gasteiger partial charge in [-0.25, -0.2) is 4.79 Å². The van der Waals surface area contributed by atoms with Gasteiger partial charge in [-0.15, -0.1) is 0 Å². The van der Waals surface area contributed by atoms with Crippen molar-refractivity contribution in [2.45, 2.75) is 26.3 Å². The van der Waals surface area contributed by atoms with Gasteiger partial charge in [-0.3, -0.25) is 4.79 Å². The Kier molecular flexibility index (Phi) is 6.03. The molecule has 0 saturated heterocycles. The molecule has 7 nitrogen and oxygen atoms in total.